The average Bonchev–Trinajstić information content (AvgIpc) is 3.17. The zero-order chi connectivity index (χ0) is 34.5. The highest BCUT2D eigenvalue weighted by Crippen LogP contribution is 2.46. The van der Waals surface area contributed by atoms with Crippen LogP contribution in [0.1, 0.15) is 16.7 Å². The highest BCUT2D eigenvalue weighted by Gasteiger charge is 2.19. The van der Waals surface area contributed by atoms with Gasteiger partial charge in [-0.05, 0) is 115 Å². The van der Waals surface area contributed by atoms with Crippen molar-refractivity contribution in [1.29, 1.82) is 0 Å². The lowest BCUT2D eigenvalue weighted by Gasteiger charge is -2.20. The van der Waals surface area contributed by atoms with Gasteiger partial charge in [-0.15, -0.1) is 0 Å². The molecule has 1 heterocycles. The number of hydrogen-bond donors (Lipinski definition) is 0. The Hall–Kier alpha value is -6.31. The van der Waals surface area contributed by atoms with Crippen molar-refractivity contribution in [2.45, 2.75) is 20.8 Å². The number of aromatic nitrogens is 1. The second kappa shape index (κ2) is 12.5. The molecule has 1 nitrogen and oxygen atoms in total. The third-order valence-electron chi connectivity index (χ3n) is 10.4. The summed E-state index contributed by atoms with van der Waals surface area (Å²) in [6.07, 6.45) is 2.00. The first-order valence-corrected chi connectivity index (χ1v) is 17.7. The van der Waals surface area contributed by atoms with E-state index in [1.807, 2.05) is 12.3 Å². The van der Waals surface area contributed by atoms with Crippen molar-refractivity contribution >= 4 is 32.3 Å². The summed E-state index contributed by atoms with van der Waals surface area (Å²) in [5, 5.41) is 7.56. The molecule has 0 bridgehead atoms. The van der Waals surface area contributed by atoms with Crippen LogP contribution in [0.4, 0.5) is 0 Å². The molecule has 51 heavy (non-hydrogen) atoms. The van der Waals surface area contributed by atoms with Gasteiger partial charge in [-0.3, -0.25) is 4.98 Å². The number of nitrogens with zero attached hydrogens (tertiary/aromatic N) is 1. The van der Waals surface area contributed by atoms with Crippen molar-refractivity contribution in [3.8, 4) is 55.8 Å². The number of hydrogen-bond acceptors (Lipinski definition) is 1. The molecule has 0 radical (unpaired) electrons. The summed E-state index contributed by atoms with van der Waals surface area (Å²) in [6.45, 7) is 6.66. The van der Waals surface area contributed by atoms with Gasteiger partial charge in [0.05, 0.1) is 5.69 Å². The Morgan fingerprint density at radius 2 is 0.824 bits per heavy atom. The summed E-state index contributed by atoms with van der Waals surface area (Å²) in [7, 11) is 0. The molecule has 9 aromatic rings. The fourth-order valence-corrected chi connectivity index (χ4v) is 8.28. The van der Waals surface area contributed by atoms with E-state index < -0.39 is 0 Å². The van der Waals surface area contributed by atoms with Crippen LogP contribution in [-0.4, -0.2) is 4.98 Å². The predicted molar refractivity (Wildman–Crippen MR) is 218 cm³/mol. The molecule has 1 aromatic heterocycles. The van der Waals surface area contributed by atoms with Gasteiger partial charge in [0.15, 0.2) is 0 Å². The van der Waals surface area contributed by atoms with E-state index in [1.165, 1.54) is 82.4 Å². The number of fused-ring (bicyclic) bond motifs is 3. The van der Waals surface area contributed by atoms with Crippen molar-refractivity contribution in [3.63, 3.8) is 0 Å². The van der Waals surface area contributed by atoms with E-state index in [0.717, 1.165) is 22.4 Å². The first-order valence-electron chi connectivity index (χ1n) is 17.7. The van der Waals surface area contributed by atoms with Crippen LogP contribution in [0.2, 0.25) is 0 Å². The molecule has 0 N–H and O–H groups in total. The molecule has 242 valence electrons. The van der Waals surface area contributed by atoms with E-state index in [9.17, 15) is 0 Å². The maximum atomic E-state index is 4.84. The Balaban J connectivity index is 1.25. The molecule has 0 aliphatic rings. The number of aryl methyl sites for hydroxylation is 3. The average molecular weight is 652 g/mol. The minimum atomic E-state index is 0.979. The maximum absolute atomic E-state index is 4.84. The smallest absolute Gasteiger partial charge is 0.0702 e. The second-order valence-electron chi connectivity index (χ2n) is 13.7. The Labute approximate surface area is 299 Å². The number of benzene rings is 8. The van der Waals surface area contributed by atoms with Crippen LogP contribution in [0.25, 0.3) is 88.1 Å². The minimum absolute atomic E-state index is 0.979. The van der Waals surface area contributed by atoms with Crippen molar-refractivity contribution in [1.82, 2.24) is 4.98 Å². The normalized spacial score (nSPS) is 11.4. The lowest BCUT2D eigenvalue weighted by Crippen LogP contribution is -1.94. The zero-order valence-electron chi connectivity index (χ0n) is 29.1. The van der Waals surface area contributed by atoms with Crippen LogP contribution in [0.15, 0.2) is 170 Å². The van der Waals surface area contributed by atoms with Gasteiger partial charge in [-0.25, -0.2) is 0 Å². The van der Waals surface area contributed by atoms with Crippen LogP contribution in [0.3, 0.4) is 0 Å². The van der Waals surface area contributed by atoms with Gasteiger partial charge in [0.1, 0.15) is 0 Å². The summed E-state index contributed by atoms with van der Waals surface area (Å²) >= 11 is 0. The van der Waals surface area contributed by atoms with E-state index in [4.69, 9.17) is 4.98 Å². The molecule has 0 spiro atoms. The van der Waals surface area contributed by atoms with Crippen LogP contribution < -0.4 is 0 Å². The summed E-state index contributed by atoms with van der Waals surface area (Å²) in [5.74, 6) is 0. The molecule has 1 heteroatoms. The van der Waals surface area contributed by atoms with Gasteiger partial charge in [0, 0.05) is 17.3 Å². The van der Waals surface area contributed by atoms with Crippen molar-refractivity contribution in [2.75, 3.05) is 0 Å². The molecule has 0 unspecified atom stereocenters. The van der Waals surface area contributed by atoms with Gasteiger partial charge in [0.25, 0.3) is 0 Å². The lowest BCUT2D eigenvalue weighted by atomic mass is 9.83. The topological polar surface area (TPSA) is 12.9 Å². The van der Waals surface area contributed by atoms with E-state index >= 15 is 0 Å². The first-order chi connectivity index (χ1) is 25.0. The third kappa shape index (κ3) is 5.30. The molecule has 9 rings (SSSR count). The Morgan fingerprint density at radius 1 is 0.333 bits per heavy atom. The highest BCUT2D eigenvalue weighted by atomic mass is 14.7. The van der Waals surface area contributed by atoms with Gasteiger partial charge < -0.3 is 0 Å². The van der Waals surface area contributed by atoms with Crippen LogP contribution in [-0.2, 0) is 0 Å². The predicted octanol–water partition coefficient (Wildman–Crippen LogP) is 13.8. The molecule has 0 saturated carbocycles. The largest absolute Gasteiger partial charge is 0.256 e. The monoisotopic (exact) mass is 651 g/mol. The minimum Gasteiger partial charge on any atom is -0.256 e. The van der Waals surface area contributed by atoms with Crippen molar-refractivity contribution in [2.24, 2.45) is 0 Å². The second-order valence-corrected chi connectivity index (χ2v) is 13.7. The molecule has 0 fully saturated rings. The van der Waals surface area contributed by atoms with Gasteiger partial charge in [0.2, 0.25) is 0 Å². The zero-order valence-corrected chi connectivity index (χ0v) is 29.1. The molecule has 8 aromatic carbocycles. The number of rotatable bonds is 5. The van der Waals surface area contributed by atoms with E-state index in [0.29, 0.717) is 0 Å². The summed E-state index contributed by atoms with van der Waals surface area (Å²) in [5.41, 5.74) is 15.9. The summed E-state index contributed by atoms with van der Waals surface area (Å²) in [6, 6.07) is 59.7. The number of pyridine rings is 1. The summed E-state index contributed by atoms with van der Waals surface area (Å²) < 4.78 is 0. The van der Waals surface area contributed by atoms with E-state index in [2.05, 4.69) is 178 Å². The molecule has 0 saturated heterocycles. The third-order valence-corrected chi connectivity index (χ3v) is 10.4. The highest BCUT2D eigenvalue weighted by molar-refractivity contribution is 6.24. The van der Waals surface area contributed by atoms with Crippen molar-refractivity contribution in [3.05, 3.63) is 187 Å². The van der Waals surface area contributed by atoms with Crippen LogP contribution >= 0.6 is 0 Å². The molecule has 0 atom stereocenters. The van der Waals surface area contributed by atoms with Gasteiger partial charge in [-0.2, -0.15) is 0 Å². The first kappa shape index (κ1) is 30.7. The molecular formula is C50H37N. The SMILES string of the molecule is Cc1cc(C)c(-c2cccc3c(-c4c5ccccc5c(-c5cccc(-c6ccc(-c7ccccc7)nc6)c5)c5ccccc45)cccc23)c(C)c1. The quantitative estimate of drug-likeness (QED) is 0.169. The molecule has 0 aliphatic heterocycles. The Morgan fingerprint density at radius 3 is 1.41 bits per heavy atom. The molecule has 0 amide bonds. The van der Waals surface area contributed by atoms with Gasteiger partial charge in [-0.1, -0.05) is 157 Å². The maximum Gasteiger partial charge on any atom is 0.0702 e. The Bertz CT molecular complexity index is 2670. The van der Waals surface area contributed by atoms with Crippen LogP contribution in [0, 0.1) is 20.8 Å². The standard InChI is InChI=1S/C50H37N/c1-32-28-33(2)48(34(3)29-32)41-24-12-23-40-39(41)22-13-25-42(40)50-45-20-9-7-18-43(45)49(44-19-8-10-21-46(44)50)37-17-11-16-36(30-37)38-26-27-47(51-31-38)35-14-5-4-6-15-35/h4-31H,1-3H3. The van der Waals surface area contributed by atoms with E-state index in [1.54, 1.807) is 0 Å². The van der Waals surface area contributed by atoms with Gasteiger partial charge >= 0.3 is 0 Å². The van der Waals surface area contributed by atoms with Crippen LogP contribution in [0.5, 0.6) is 0 Å². The fraction of sp³-hybridized carbons (Fsp3) is 0.0600. The summed E-state index contributed by atoms with van der Waals surface area (Å²) in [4.78, 5) is 4.84. The van der Waals surface area contributed by atoms with Crippen molar-refractivity contribution < 1.29 is 0 Å². The fourth-order valence-electron chi connectivity index (χ4n) is 8.28. The Kier molecular flexibility index (Phi) is 7.55. The van der Waals surface area contributed by atoms with E-state index in [-0.39, 0.29) is 0 Å². The lowest BCUT2D eigenvalue weighted by molar-refractivity contribution is 1.32. The molecular weight excluding hydrogens is 615 g/mol. The molecule has 0 aliphatic carbocycles.